The summed E-state index contributed by atoms with van der Waals surface area (Å²) in [7, 11) is 1.76. The topological polar surface area (TPSA) is 44.8 Å². The van der Waals surface area contributed by atoms with E-state index in [9.17, 15) is 4.79 Å². The maximum atomic E-state index is 12.5. The van der Waals surface area contributed by atoms with E-state index < -0.39 is 0 Å². The van der Waals surface area contributed by atoms with Gasteiger partial charge < -0.3 is 19.9 Å². The lowest BCUT2D eigenvalue weighted by Crippen LogP contribution is -2.49. The summed E-state index contributed by atoms with van der Waals surface area (Å²) in [5.74, 6) is 0. The lowest BCUT2D eigenvalue weighted by molar-refractivity contribution is 0.0191. The summed E-state index contributed by atoms with van der Waals surface area (Å²) in [6.45, 7) is 5.88. The predicted molar refractivity (Wildman–Crippen MR) is 91.6 cm³/mol. The summed E-state index contributed by atoms with van der Waals surface area (Å²) in [5, 5.41) is 3.19. The van der Waals surface area contributed by atoms with Crippen molar-refractivity contribution in [2.45, 2.75) is 57.4 Å². The van der Waals surface area contributed by atoms with Gasteiger partial charge in [-0.1, -0.05) is 6.42 Å². The van der Waals surface area contributed by atoms with Crippen molar-refractivity contribution < 1.29 is 9.53 Å². The second-order valence-electron chi connectivity index (χ2n) is 7.76. The number of urea groups is 1. The molecular formula is C18H33N3O2. The van der Waals surface area contributed by atoms with Crippen molar-refractivity contribution in [2.75, 3.05) is 46.4 Å². The van der Waals surface area contributed by atoms with Gasteiger partial charge in [0.2, 0.25) is 0 Å². The predicted octanol–water partition coefficient (Wildman–Crippen LogP) is 2.46. The van der Waals surface area contributed by atoms with Crippen LogP contribution in [0.1, 0.15) is 51.4 Å². The highest BCUT2D eigenvalue weighted by Gasteiger charge is 2.37. The molecule has 3 rings (SSSR count). The lowest BCUT2D eigenvalue weighted by atomic mass is 9.69. The van der Waals surface area contributed by atoms with Gasteiger partial charge in [0.25, 0.3) is 0 Å². The second-order valence-corrected chi connectivity index (χ2v) is 7.76. The Hall–Kier alpha value is -0.810. The number of nitrogens with one attached hydrogen (secondary N) is 1. The Morgan fingerprint density at radius 3 is 2.52 bits per heavy atom. The Morgan fingerprint density at radius 2 is 1.87 bits per heavy atom. The van der Waals surface area contributed by atoms with Crippen molar-refractivity contribution in [3.05, 3.63) is 0 Å². The molecule has 132 valence electrons. The fourth-order valence-electron chi connectivity index (χ4n) is 4.48. The van der Waals surface area contributed by atoms with Crippen LogP contribution in [0.3, 0.4) is 0 Å². The molecule has 23 heavy (non-hydrogen) atoms. The summed E-state index contributed by atoms with van der Waals surface area (Å²) in [4.78, 5) is 17.2. The van der Waals surface area contributed by atoms with Crippen LogP contribution in [0.15, 0.2) is 0 Å². The van der Waals surface area contributed by atoms with Crippen molar-refractivity contribution in [1.82, 2.24) is 15.1 Å². The first-order valence-corrected chi connectivity index (χ1v) is 9.48. The van der Waals surface area contributed by atoms with Gasteiger partial charge in [-0.25, -0.2) is 4.79 Å². The van der Waals surface area contributed by atoms with Crippen LogP contribution < -0.4 is 5.32 Å². The number of likely N-dealkylation sites (tertiary alicyclic amines) is 2. The molecule has 2 amide bonds. The maximum absolute atomic E-state index is 12.5. The van der Waals surface area contributed by atoms with Gasteiger partial charge >= 0.3 is 6.03 Å². The summed E-state index contributed by atoms with van der Waals surface area (Å²) >= 11 is 0. The molecule has 0 aromatic carbocycles. The Morgan fingerprint density at radius 1 is 1.09 bits per heavy atom. The number of methoxy groups -OCH3 is 1. The SMILES string of the molecule is COCC1(CNC(=O)N2CCC[C@@H](N3CCCC3)CC2)CCC1. The quantitative estimate of drug-likeness (QED) is 0.845. The molecule has 3 fully saturated rings. The summed E-state index contributed by atoms with van der Waals surface area (Å²) in [6.07, 6.45) is 9.84. The third-order valence-corrected chi connectivity index (χ3v) is 6.12. The van der Waals surface area contributed by atoms with E-state index in [0.717, 1.165) is 39.1 Å². The molecule has 1 aliphatic carbocycles. The molecule has 0 aromatic rings. The smallest absolute Gasteiger partial charge is 0.317 e. The third-order valence-electron chi connectivity index (χ3n) is 6.12. The van der Waals surface area contributed by atoms with Crippen LogP contribution in [-0.2, 0) is 4.74 Å². The van der Waals surface area contributed by atoms with Crippen LogP contribution in [0.5, 0.6) is 0 Å². The van der Waals surface area contributed by atoms with Crippen LogP contribution in [0.2, 0.25) is 0 Å². The van der Waals surface area contributed by atoms with Crippen molar-refractivity contribution in [1.29, 1.82) is 0 Å². The van der Waals surface area contributed by atoms with Crippen molar-refractivity contribution in [2.24, 2.45) is 5.41 Å². The van der Waals surface area contributed by atoms with E-state index in [1.165, 1.54) is 51.6 Å². The van der Waals surface area contributed by atoms with Gasteiger partial charge in [0.15, 0.2) is 0 Å². The van der Waals surface area contributed by atoms with E-state index in [-0.39, 0.29) is 11.4 Å². The maximum Gasteiger partial charge on any atom is 0.317 e. The Labute approximate surface area is 140 Å². The minimum Gasteiger partial charge on any atom is -0.384 e. The van der Waals surface area contributed by atoms with Crippen LogP contribution in [0, 0.1) is 5.41 Å². The van der Waals surface area contributed by atoms with E-state index >= 15 is 0 Å². The largest absolute Gasteiger partial charge is 0.384 e. The van der Waals surface area contributed by atoms with Crippen LogP contribution >= 0.6 is 0 Å². The minimum atomic E-state index is 0.134. The number of rotatable bonds is 5. The van der Waals surface area contributed by atoms with Crippen molar-refractivity contribution >= 4 is 6.03 Å². The van der Waals surface area contributed by atoms with Gasteiger partial charge in [-0.2, -0.15) is 0 Å². The van der Waals surface area contributed by atoms with Crippen molar-refractivity contribution in [3.63, 3.8) is 0 Å². The standard InChI is InChI=1S/C18H33N3O2/c1-23-15-18(8-5-9-18)14-19-17(22)21-12-4-6-16(7-13-21)20-10-2-3-11-20/h16H,2-15H2,1H3,(H,19,22)/t16-/m1/s1. The minimum absolute atomic E-state index is 0.134. The Bertz CT molecular complexity index is 392. The number of carbonyl (C=O) groups excluding carboxylic acids is 1. The summed E-state index contributed by atoms with van der Waals surface area (Å²) in [5.41, 5.74) is 0.203. The third kappa shape index (κ3) is 4.18. The average molecular weight is 323 g/mol. The van der Waals surface area contributed by atoms with E-state index in [1.54, 1.807) is 7.11 Å². The van der Waals surface area contributed by atoms with Gasteiger partial charge in [-0.05, 0) is 58.0 Å². The first kappa shape index (κ1) is 17.0. The molecule has 0 spiro atoms. The number of nitrogens with zero attached hydrogens (tertiary/aromatic N) is 2. The van der Waals surface area contributed by atoms with Gasteiger partial charge in [-0.3, -0.25) is 0 Å². The first-order valence-electron chi connectivity index (χ1n) is 9.48. The lowest BCUT2D eigenvalue weighted by Gasteiger charge is -2.41. The summed E-state index contributed by atoms with van der Waals surface area (Å²) < 4.78 is 5.35. The molecule has 1 saturated carbocycles. The van der Waals surface area contributed by atoms with Crippen LogP contribution in [0.25, 0.3) is 0 Å². The van der Waals surface area contributed by atoms with Crippen molar-refractivity contribution in [3.8, 4) is 0 Å². The van der Waals surface area contributed by atoms with Gasteiger partial charge in [0.05, 0.1) is 6.61 Å². The van der Waals surface area contributed by atoms with Crippen LogP contribution in [-0.4, -0.2) is 68.3 Å². The molecular weight excluding hydrogens is 290 g/mol. The highest BCUT2D eigenvalue weighted by molar-refractivity contribution is 5.74. The highest BCUT2D eigenvalue weighted by atomic mass is 16.5. The van der Waals surface area contributed by atoms with E-state index in [2.05, 4.69) is 10.2 Å². The van der Waals surface area contributed by atoms with E-state index in [1.807, 2.05) is 4.90 Å². The van der Waals surface area contributed by atoms with E-state index in [4.69, 9.17) is 4.74 Å². The fourth-order valence-corrected chi connectivity index (χ4v) is 4.48. The monoisotopic (exact) mass is 323 g/mol. The molecule has 0 aromatic heterocycles. The Balaban J connectivity index is 1.44. The number of ether oxygens (including phenoxy) is 1. The molecule has 2 heterocycles. The zero-order valence-corrected chi connectivity index (χ0v) is 14.7. The number of amides is 2. The molecule has 0 bridgehead atoms. The molecule has 2 aliphatic heterocycles. The summed E-state index contributed by atoms with van der Waals surface area (Å²) in [6, 6.07) is 0.830. The molecule has 1 atom stereocenters. The molecule has 0 unspecified atom stereocenters. The fraction of sp³-hybridized carbons (Fsp3) is 0.944. The average Bonchev–Trinajstić information content (AvgIpc) is 2.94. The van der Waals surface area contributed by atoms with Gasteiger partial charge in [0, 0.05) is 38.2 Å². The molecule has 3 aliphatic rings. The number of carbonyl (C=O) groups is 1. The second kappa shape index (κ2) is 7.84. The Kier molecular flexibility index (Phi) is 5.81. The highest BCUT2D eigenvalue weighted by Crippen LogP contribution is 2.40. The number of hydrogen-bond donors (Lipinski definition) is 1. The zero-order chi connectivity index (χ0) is 16.1. The van der Waals surface area contributed by atoms with Gasteiger partial charge in [-0.15, -0.1) is 0 Å². The normalized spacial score (nSPS) is 28.2. The molecule has 0 radical (unpaired) electrons. The molecule has 2 saturated heterocycles. The van der Waals surface area contributed by atoms with Crippen LogP contribution in [0.4, 0.5) is 4.79 Å². The number of hydrogen-bond acceptors (Lipinski definition) is 3. The molecule has 5 heteroatoms. The molecule has 1 N–H and O–H groups in total. The zero-order valence-electron chi connectivity index (χ0n) is 14.7. The molecule has 5 nitrogen and oxygen atoms in total. The van der Waals surface area contributed by atoms with E-state index in [0.29, 0.717) is 6.04 Å². The first-order chi connectivity index (χ1) is 11.2. The van der Waals surface area contributed by atoms with Gasteiger partial charge in [0.1, 0.15) is 0 Å².